The van der Waals surface area contributed by atoms with Crippen LogP contribution in [0.4, 0.5) is 0 Å². The number of hydrogen-bond acceptors (Lipinski definition) is 0. The second-order valence-electron chi connectivity index (χ2n) is 12.6. The van der Waals surface area contributed by atoms with Crippen LogP contribution in [0.15, 0.2) is 72.3 Å². The summed E-state index contributed by atoms with van der Waals surface area (Å²) < 4.78 is 0. The number of hydrogen-bond donors (Lipinski definition) is 0. The first-order chi connectivity index (χ1) is 18.7. The van der Waals surface area contributed by atoms with Crippen molar-refractivity contribution in [2.75, 3.05) is 0 Å². The van der Waals surface area contributed by atoms with Crippen LogP contribution >= 0.6 is 37.2 Å². The maximum absolute atomic E-state index is 3.24. The van der Waals surface area contributed by atoms with Crippen molar-refractivity contribution in [2.24, 2.45) is 0 Å². The molecule has 44 heavy (non-hydrogen) atoms. The molecule has 4 rings (SSSR count). The van der Waals surface area contributed by atoms with E-state index in [1.54, 1.807) is 0 Å². The normalized spacial score (nSPS) is 11.1. The zero-order valence-electron chi connectivity index (χ0n) is 29.1. The largest absolute Gasteiger partial charge is 3.00 e. The summed E-state index contributed by atoms with van der Waals surface area (Å²) in [6, 6.07) is 25.8. The van der Waals surface area contributed by atoms with Crippen molar-refractivity contribution >= 4 is 52.7 Å². The Bertz CT molecular complexity index is 1140. The van der Waals surface area contributed by atoms with Crippen molar-refractivity contribution in [3.05, 3.63) is 124 Å². The van der Waals surface area contributed by atoms with Crippen LogP contribution in [-0.4, -0.2) is 10.2 Å². The first-order valence-corrected chi connectivity index (χ1v) is 15.6. The summed E-state index contributed by atoms with van der Waals surface area (Å²) in [4.78, 5) is 0. The first-order valence-electron chi connectivity index (χ1n) is 14.9. The van der Waals surface area contributed by atoms with Gasteiger partial charge in [0.05, 0.1) is 0 Å². The van der Waals surface area contributed by atoms with E-state index in [9.17, 15) is 0 Å². The molecule has 0 aliphatic heterocycles. The van der Waals surface area contributed by atoms with E-state index in [2.05, 4.69) is 161 Å². The van der Waals surface area contributed by atoms with Crippen molar-refractivity contribution in [1.82, 2.24) is 0 Å². The standard InChI is InChI=1S/C14H21.C10H13.C8H11Si.C7H9.3ClH.Ti/c1-13(2,3)11-8-7-9-12(10-11)14(4,5)6;1-3-9-6-5-7-10(4-2)8-9;1-6-3-7(2)5-8(9)4-6;1-2-7-5-3-4-6-7;;;;/h8-10H,1-6H3;6-8H,3-4H2,1-2H3;3-5H,9H2,1-2H3;3,5H,2,4H2,1H3;3*1H;/q2*-1;;-1;;;;+3. The van der Waals surface area contributed by atoms with Gasteiger partial charge in [0.1, 0.15) is 0 Å². The van der Waals surface area contributed by atoms with Gasteiger partial charge in [-0.3, -0.25) is 6.08 Å². The van der Waals surface area contributed by atoms with E-state index in [0.717, 1.165) is 25.7 Å². The Morgan fingerprint density at radius 3 is 1.36 bits per heavy atom. The summed E-state index contributed by atoms with van der Waals surface area (Å²) in [6.07, 6.45) is 11.9. The molecule has 0 aromatic heterocycles. The number of aryl methyl sites for hydroxylation is 4. The number of benzene rings is 3. The second kappa shape index (κ2) is 25.1. The van der Waals surface area contributed by atoms with Crippen LogP contribution in [-0.2, 0) is 45.4 Å². The van der Waals surface area contributed by atoms with E-state index >= 15 is 0 Å². The van der Waals surface area contributed by atoms with E-state index in [1.807, 2.05) is 10.2 Å². The van der Waals surface area contributed by atoms with E-state index < -0.39 is 0 Å². The van der Waals surface area contributed by atoms with Crippen molar-refractivity contribution in [2.45, 2.75) is 113 Å². The molecule has 2 radical (unpaired) electrons. The Kier molecular flexibility index (Phi) is 28.4. The monoisotopic (exact) mass is 706 g/mol. The Morgan fingerprint density at radius 2 is 1.07 bits per heavy atom. The molecule has 0 N–H and O–H groups in total. The van der Waals surface area contributed by atoms with Gasteiger partial charge >= 0.3 is 21.7 Å². The molecular formula is C39H57Cl3SiTi. The van der Waals surface area contributed by atoms with Crippen LogP contribution < -0.4 is 5.19 Å². The fourth-order valence-electron chi connectivity index (χ4n) is 4.09. The smallest absolute Gasteiger partial charge is 0.270 e. The molecule has 3 aromatic carbocycles. The van der Waals surface area contributed by atoms with Crippen LogP contribution in [0.5, 0.6) is 0 Å². The fourth-order valence-corrected chi connectivity index (χ4v) is 4.73. The van der Waals surface area contributed by atoms with Gasteiger partial charge in [-0.05, 0) is 13.8 Å². The van der Waals surface area contributed by atoms with Gasteiger partial charge in [-0.15, -0.1) is 43.6 Å². The van der Waals surface area contributed by atoms with Gasteiger partial charge in [-0.1, -0.05) is 127 Å². The van der Waals surface area contributed by atoms with Crippen molar-refractivity contribution in [3.8, 4) is 0 Å². The van der Waals surface area contributed by atoms with Crippen LogP contribution in [0.1, 0.15) is 109 Å². The van der Waals surface area contributed by atoms with Crippen LogP contribution in [0.2, 0.25) is 0 Å². The molecule has 0 fully saturated rings. The minimum absolute atomic E-state index is 0. The maximum Gasteiger partial charge on any atom is 3.00 e. The topological polar surface area (TPSA) is 0 Å². The van der Waals surface area contributed by atoms with E-state index in [0.29, 0.717) is 0 Å². The maximum atomic E-state index is 3.24. The van der Waals surface area contributed by atoms with Crippen LogP contribution in [0.3, 0.4) is 0 Å². The summed E-state index contributed by atoms with van der Waals surface area (Å²) in [7, 11) is 1.93. The number of halogens is 3. The molecule has 0 nitrogen and oxygen atoms in total. The summed E-state index contributed by atoms with van der Waals surface area (Å²) in [5.74, 6) is 0. The van der Waals surface area contributed by atoms with Crippen molar-refractivity contribution in [3.63, 3.8) is 0 Å². The zero-order valence-corrected chi connectivity index (χ0v) is 34.5. The van der Waals surface area contributed by atoms with E-state index in [4.69, 9.17) is 0 Å². The van der Waals surface area contributed by atoms with Crippen molar-refractivity contribution in [1.29, 1.82) is 0 Å². The average Bonchev–Trinajstić information content (AvgIpc) is 3.42. The summed E-state index contributed by atoms with van der Waals surface area (Å²) in [5.41, 5.74) is 10.0. The Balaban J connectivity index is -0.000000241. The molecular weight excluding hydrogens is 651 g/mol. The Hall–Kier alpha value is -1.06. The minimum Gasteiger partial charge on any atom is -0.270 e. The molecule has 0 atom stereocenters. The molecule has 1 aliphatic carbocycles. The predicted molar refractivity (Wildman–Crippen MR) is 203 cm³/mol. The van der Waals surface area contributed by atoms with Gasteiger partial charge in [0.15, 0.2) is 0 Å². The van der Waals surface area contributed by atoms with Gasteiger partial charge < -0.3 is 0 Å². The number of rotatable bonds is 3. The van der Waals surface area contributed by atoms with Gasteiger partial charge in [0, 0.05) is 10.2 Å². The predicted octanol–water partition coefficient (Wildman–Crippen LogP) is 10.6. The van der Waals surface area contributed by atoms with Crippen LogP contribution in [0, 0.1) is 32.1 Å². The molecule has 0 heterocycles. The molecule has 0 unspecified atom stereocenters. The minimum atomic E-state index is 0. The SMILES string of the molecule is CC(C)(C)c1c[c-]cc(C(C)(C)C)c1.CCC1=[C-]CC=C1.CCc1c[c-]cc(CC)c1.Cc1cc(C)cc([SiH2])c1.Cl.Cl.Cl.[Ti+3]. The summed E-state index contributed by atoms with van der Waals surface area (Å²) >= 11 is 0. The van der Waals surface area contributed by atoms with Gasteiger partial charge in [0.2, 0.25) is 0 Å². The average molecular weight is 708 g/mol. The molecule has 242 valence electrons. The van der Waals surface area contributed by atoms with E-state index in [-0.39, 0.29) is 69.8 Å². The number of allylic oxidation sites excluding steroid dienone is 4. The van der Waals surface area contributed by atoms with Crippen LogP contribution in [0.25, 0.3) is 0 Å². The van der Waals surface area contributed by atoms with Gasteiger partial charge in [-0.25, -0.2) is 11.6 Å². The third-order valence-electron chi connectivity index (χ3n) is 6.67. The Labute approximate surface area is 308 Å². The Morgan fingerprint density at radius 1 is 0.636 bits per heavy atom. The first kappa shape index (κ1) is 49.8. The molecule has 5 heteroatoms. The van der Waals surface area contributed by atoms with E-state index in [1.165, 1.54) is 44.1 Å². The summed E-state index contributed by atoms with van der Waals surface area (Å²) in [6.45, 7) is 24.2. The molecule has 0 bridgehead atoms. The molecule has 3 aromatic rings. The molecule has 0 saturated carbocycles. The molecule has 0 spiro atoms. The fraction of sp³-hybridized carbons (Fsp3) is 0.436. The molecule has 1 aliphatic rings. The quantitative estimate of drug-likeness (QED) is 0.188. The molecule has 0 amide bonds. The van der Waals surface area contributed by atoms with Crippen molar-refractivity contribution < 1.29 is 21.7 Å². The molecule has 0 saturated heterocycles. The van der Waals surface area contributed by atoms with Gasteiger partial charge in [0.25, 0.3) is 0 Å². The third-order valence-corrected chi connectivity index (χ3v) is 7.08. The van der Waals surface area contributed by atoms with Gasteiger partial charge in [-0.2, -0.15) is 76.9 Å². The third kappa shape index (κ3) is 20.9. The summed E-state index contributed by atoms with van der Waals surface area (Å²) in [5, 5.41) is 1.38. The second-order valence-corrected chi connectivity index (χ2v) is 13.4. The zero-order chi connectivity index (χ0) is 30.3.